The highest BCUT2D eigenvalue weighted by atomic mass is 16.6. The van der Waals surface area contributed by atoms with Gasteiger partial charge in [-0.1, -0.05) is 42.1 Å². The second-order valence-corrected chi connectivity index (χ2v) is 2.93. The van der Waals surface area contributed by atoms with Gasteiger partial charge in [0, 0.05) is 0 Å². The molecule has 1 aromatic carbocycles. The van der Waals surface area contributed by atoms with Crippen molar-refractivity contribution in [2.24, 2.45) is 5.16 Å². The Morgan fingerprint density at radius 3 is 2.69 bits per heavy atom. The van der Waals surface area contributed by atoms with Crippen molar-refractivity contribution in [1.82, 2.24) is 0 Å². The molecule has 0 radical (unpaired) electrons. The second-order valence-electron chi connectivity index (χ2n) is 2.93. The van der Waals surface area contributed by atoms with E-state index in [-0.39, 0.29) is 6.10 Å². The molecule has 0 aliphatic rings. The molecule has 4 heteroatoms. The van der Waals surface area contributed by atoms with E-state index in [1.165, 1.54) is 7.11 Å². The normalized spacial score (nSPS) is 12.1. The number of carbonyl (C=O) groups is 1. The van der Waals surface area contributed by atoms with Crippen molar-refractivity contribution < 1.29 is 14.4 Å². The first kappa shape index (κ1) is 12.0. The fourth-order valence-corrected chi connectivity index (χ4v) is 1.07. The molecule has 0 heterocycles. The number of oxime groups is 1. The van der Waals surface area contributed by atoms with Gasteiger partial charge in [0.25, 0.3) is 0 Å². The van der Waals surface area contributed by atoms with E-state index in [0.29, 0.717) is 0 Å². The van der Waals surface area contributed by atoms with E-state index in [1.54, 1.807) is 6.08 Å². The molecule has 0 unspecified atom stereocenters. The summed E-state index contributed by atoms with van der Waals surface area (Å²) in [5.41, 5.74) is 0.916. The lowest BCUT2D eigenvalue weighted by molar-refractivity contribution is -0.132. The molecule has 0 bridgehead atoms. The van der Waals surface area contributed by atoms with E-state index >= 15 is 0 Å². The van der Waals surface area contributed by atoms with Gasteiger partial charge in [-0.2, -0.15) is 0 Å². The molecule has 1 aromatic rings. The number of methoxy groups -OCH3 is 1. The SMILES string of the molecule is C=C[C@H](O/N=C/C(=O)OC)c1ccccc1. The van der Waals surface area contributed by atoms with Crippen molar-refractivity contribution >= 4 is 12.2 Å². The molecular weight excluding hydrogens is 206 g/mol. The monoisotopic (exact) mass is 219 g/mol. The first-order valence-electron chi connectivity index (χ1n) is 4.72. The van der Waals surface area contributed by atoms with E-state index in [1.807, 2.05) is 30.3 Å². The summed E-state index contributed by atoms with van der Waals surface area (Å²) in [7, 11) is 1.27. The summed E-state index contributed by atoms with van der Waals surface area (Å²) in [6.07, 6.45) is 2.20. The Balaban J connectivity index is 2.60. The third kappa shape index (κ3) is 3.57. The van der Waals surface area contributed by atoms with E-state index in [2.05, 4.69) is 16.5 Å². The van der Waals surface area contributed by atoms with Crippen molar-refractivity contribution in [3.05, 3.63) is 48.6 Å². The Morgan fingerprint density at radius 1 is 1.44 bits per heavy atom. The Hall–Kier alpha value is -2.10. The molecule has 0 spiro atoms. The van der Waals surface area contributed by atoms with Crippen LogP contribution < -0.4 is 0 Å². The number of rotatable bonds is 5. The first-order valence-corrected chi connectivity index (χ1v) is 4.72. The van der Waals surface area contributed by atoms with Crippen LogP contribution in [-0.2, 0) is 14.4 Å². The minimum absolute atomic E-state index is 0.373. The number of carbonyl (C=O) groups excluding carboxylic acids is 1. The number of esters is 1. The molecule has 4 nitrogen and oxygen atoms in total. The molecule has 1 atom stereocenters. The summed E-state index contributed by atoms with van der Waals surface area (Å²) in [6.45, 7) is 3.64. The molecule has 0 aromatic heterocycles. The standard InChI is InChI=1S/C12H13NO3/c1-3-11(10-7-5-4-6-8-10)16-13-9-12(14)15-2/h3-9,11H,1H2,2H3/b13-9+/t11-/m0/s1. The smallest absolute Gasteiger partial charge is 0.352 e. The minimum Gasteiger partial charge on any atom is -0.465 e. The van der Waals surface area contributed by atoms with Gasteiger partial charge < -0.3 is 9.57 Å². The highest BCUT2D eigenvalue weighted by Gasteiger charge is 2.06. The minimum atomic E-state index is -0.559. The summed E-state index contributed by atoms with van der Waals surface area (Å²) in [5.74, 6) is -0.559. The van der Waals surface area contributed by atoms with E-state index in [4.69, 9.17) is 4.84 Å². The topological polar surface area (TPSA) is 47.9 Å². The molecule has 84 valence electrons. The lowest BCUT2D eigenvalue weighted by atomic mass is 10.1. The molecular formula is C12H13NO3. The van der Waals surface area contributed by atoms with Crippen molar-refractivity contribution in [2.75, 3.05) is 7.11 Å². The fraction of sp³-hybridized carbons (Fsp3) is 0.167. The van der Waals surface area contributed by atoms with Crippen molar-refractivity contribution in [1.29, 1.82) is 0 Å². The van der Waals surface area contributed by atoms with Crippen LogP contribution in [0, 0.1) is 0 Å². The van der Waals surface area contributed by atoms with Crippen LogP contribution in [0.5, 0.6) is 0 Å². The van der Waals surface area contributed by atoms with Crippen molar-refractivity contribution in [2.45, 2.75) is 6.10 Å². The predicted molar refractivity (Wildman–Crippen MR) is 61.0 cm³/mol. The average molecular weight is 219 g/mol. The van der Waals surface area contributed by atoms with Gasteiger partial charge >= 0.3 is 5.97 Å². The Bertz CT molecular complexity index is 373. The van der Waals surface area contributed by atoms with Gasteiger partial charge in [-0.25, -0.2) is 4.79 Å². The van der Waals surface area contributed by atoms with Crippen LogP contribution in [0.4, 0.5) is 0 Å². The predicted octanol–water partition coefficient (Wildman–Crippen LogP) is 2.09. The zero-order valence-electron chi connectivity index (χ0n) is 9.00. The van der Waals surface area contributed by atoms with Crippen LogP contribution in [0.2, 0.25) is 0 Å². The van der Waals surface area contributed by atoms with Crippen LogP contribution in [0.3, 0.4) is 0 Å². The van der Waals surface area contributed by atoms with Crippen LogP contribution in [0.15, 0.2) is 48.1 Å². The van der Waals surface area contributed by atoms with Crippen LogP contribution in [0.1, 0.15) is 11.7 Å². The number of hydrogen-bond acceptors (Lipinski definition) is 4. The maximum Gasteiger partial charge on any atom is 0.352 e. The molecule has 0 saturated heterocycles. The van der Waals surface area contributed by atoms with Gasteiger partial charge in [0.05, 0.1) is 7.11 Å². The second kappa shape index (κ2) is 6.40. The van der Waals surface area contributed by atoms with E-state index in [0.717, 1.165) is 11.8 Å². The summed E-state index contributed by atoms with van der Waals surface area (Å²) >= 11 is 0. The lowest BCUT2D eigenvalue weighted by Crippen LogP contribution is -2.03. The lowest BCUT2D eigenvalue weighted by Gasteiger charge is -2.09. The third-order valence-electron chi connectivity index (χ3n) is 1.88. The molecule has 0 fully saturated rings. The Labute approximate surface area is 94.2 Å². The summed E-state index contributed by atoms with van der Waals surface area (Å²) < 4.78 is 4.38. The summed E-state index contributed by atoms with van der Waals surface area (Å²) in [5, 5.41) is 3.52. The van der Waals surface area contributed by atoms with Crippen molar-refractivity contribution in [3.8, 4) is 0 Å². The highest BCUT2D eigenvalue weighted by Crippen LogP contribution is 2.17. The molecule has 1 rings (SSSR count). The quantitative estimate of drug-likeness (QED) is 0.330. The maximum absolute atomic E-state index is 10.7. The first-order chi connectivity index (χ1) is 7.77. The molecule has 0 aliphatic carbocycles. The Kier molecular flexibility index (Phi) is 4.79. The van der Waals surface area contributed by atoms with E-state index < -0.39 is 5.97 Å². The molecule has 0 aliphatic heterocycles. The molecule has 0 saturated carbocycles. The molecule has 0 N–H and O–H groups in total. The van der Waals surface area contributed by atoms with Gasteiger partial charge in [-0.3, -0.25) is 0 Å². The number of benzene rings is 1. The average Bonchev–Trinajstić information content (AvgIpc) is 2.35. The van der Waals surface area contributed by atoms with Gasteiger partial charge in [0.1, 0.15) is 0 Å². The molecule has 16 heavy (non-hydrogen) atoms. The van der Waals surface area contributed by atoms with E-state index in [9.17, 15) is 4.79 Å². The number of nitrogens with zero attached hydrogens (tertiary/aromatic N) is 1. The van der Waals surface area contributed by atoms with Gasteiger partial charge in [-0.15, -0.1) is 0 Å². The Morgan fingerprint density at radius 2 is 2.12 bits per heavy atom. The zero-order chi connectivity index (χ0) is 11.8. The summed E-state index contributed by atoms with van der Waals surface area (Å²) in [4.78, 5) is 15.8. The maximum atomic E-state index is 10.7. The van der Waals surface area contributed by atoms with Gasteiger partial charge in [0.15, 0.2) is 12.3 Å². The van der Waals surface area contributed by atoms with Crippen LogP contribution in [0.25, 0.3) is 0 Å². The molecule has 0 amide bonds. The fourth-order valence-electron chi connectivity index (χ4n) is 1.07. The van der Waals surface area contributed by atoms with Gasteiger partial charge in [-0.05, 0) is 11.6 Å². The van der Waals surface area contributed by atoms with Crippen LogP contribution >= 0.6 is 0 Å². The number of hydrogen-bond donors (Lipinski definition) is 0. The zero-order valence-corrected chi connectivity index (χ0v) is 9.00. The van der Waals surface area contributed by atoms with Gasteiger partial charge in [0.2, 0.25) is 0 Å². The van der Waals surface area contributed by atoms with Crippen molar-refractivity contribution in [3.63, 3.8) is 0 Å². The number of ether oxygens (including phenoxy) is 1. The van der Waals surface area contributed by atoms with Crippen LogP contribution in [-0.4, -0.2) is 19.3 Å². The highest BCUT2D eigenvalue weighted by molar-refractivity contribution is 6.22. The third-order valence-corrected chi connectivity index (χ3v) is 1.88. The largest absolute Gasteiger partial charge is 0.465 e. The summed E-state index contributed by atoms with van der Waals surface area (Å²) in [6, 6.07) is 9.46.